The molecule has 0 spiro atoms. The number of carbonyl (C=O) groups is 1. The number of aromatic nitrogens is 4. The standard InChI is InChI=1S/C10H11N5O2/c1-6-14-8(10(16)17-2)9(11)15(6)7-3-12-5-13-4-7/h3-5H,11H2,1-2H3. The van der Waals surface area contributed by atoms with Crippen molar-refractivity contribution in [3.63, 3.8) is 0 Å². The Hall–Kier alpha value is -2.44. The molecule has 0 amide bonds. The summed E-state index contributed by atoms with van der Waals surface area (Å²) < 4.78 is 6.18. The van der Waals surface area contributed by atoms with E-state index in [1.165, 1.54) is 13.4 Å². The van der Waals surface area contributed by atoms with Crippen molar-refractivity contribution in [2.24, 2.45) is 0 Å². The van der Waals surface area contributed by atoms with Gasteiger partial charge < -0.3 is 10.5 Å². The van der Waals surface area contributed by atoms with E-state index >= 15 is 0 Å². The van der Waals surface area contributed by atoms with Gasteiger partial charge in [0.15, 0.2) is 5.69 Å². The quantitative estimate of drug-likeness (QED) is 0.751. The largest absolute Gasteiger partial charge is 0.464 e. The average Bonchev–Trinajstić information content (AvgIpc) is 2.65. The zero-order chi connectivity index (χ0) is 12.4. The molecule has 2 rings (SSSR count). The third kappa shape index (κ3) is 1.82. The van der Waals surface area contributed by atoms with Gasteiger partial charge in [-0.1, -0.05) is 0 Å². The Bertz CT molecular complexity index is 549. The summed E-state index contributed by atoms with van der Waals surface area (Å²) in [4.78, 5) is 23.3. The minimum Gasteiger partial charge on any atom is -0.464 e. The maximum atomic E-state index is 11.4. The second kappa shape index (κ2) is 4.20. The van der Waals surface area contributed by atoms with Crippen LogP contribution in [0.5, 0.6) is 0 Å². The third-order valence-corrected chi connectivity index (χ3v) is 2.26. The summed E-state index contributed by atoms with van der Waals surface area (Å²) in [6, 6.07) is 0. The van der Waals surface area contributed by atoms with E-state index in [0.29, 0.717) is 11.5 Å². The Morgan fingerprint density at radius 3 is 2.65 bits per heavy atom. The van der Waals surface area contributed by atoms with Crippen molar-refractivity contribution in [1.29, 1.82) is 0 Å². The highest BCUT2D eigenvalue weighted by atomic mass is 16.5. The number of hydrogen-bond acceptors (Lipinski definition) is 6. The Morgan fingerprint density at radius 1 is 1.41 bits per heavy atom. The molecule has 0 atom stereocenters. The zero-order valence-corrected chi connectivity index (χ0v) is 9.41. The van der Waals surface area contributed by atoms with E-state index in [2.05, 4.69) is 19.7 Å². The highest BCUT2D eigenvalue weighted by Gasteiger charge is 2.20. The number of hydrogen-bond donors (Lipinski definition) is 1. The molecule has 0 unspecified atom stereocenters. The highest BCUT2D eigenvalue weighted by molar-refractivity contribution is 5.92. The summed E-state index contributed by atoms with van der Waals surface area (Å²) in [6.07, 6.45) is 4.57. The van der Waals surface area contributed by atoms with Crippen LogP contribution < -0.4 is 5.73 Å². The van der Waals surface area contributed by atoms with Gasteiger partial charge in [-0.05, 0) is 6.92 Å². The van der Waals surface area contributed by atoms with Crippen molar-refractivity contribution in [1.82, 2.24) is 19.5 Å². The summed E-state index contributed by atoms with van der Waals surface area (Å²) in [7, 11) is 1.28. The molecule has 2 aromatic heterocycles. The Morgan fingerprint density at radius 2 is 2.06 bits per heavy atom. The van der Waals surface area contributed by atoms with Gasteiger partial charge in [-0.25, -0.2) is 19.7 Å². The first kappa shape index (κ1) is 11.1. The third-order valence-electron chi connectivity index (χ3n) is 2.26. The van der Waals surface area contributed by atoms with Gasteiger partial charge in [0.05, 0.1) is 25.2 Å². The minimum absolute atomic E-state index is 0.0915. The van der Waals surface area contributed by atoms with Crippen molar-refractivity contribution in [2.45, 2.75) is 6.92 Å². The number of nitrogen functional groups attached to an aromatic ring is 1. The van der Waals surface area contributed by atoms with Crippen molar-refractivity contribution < 1.29 is 9.53 Å². The first-order chi connectivity index (χ1) is 8.15. The van der Waals surface area contributed by atoms with Crippen LogP contribution in [0.25, 0.3) is 5.69 Å². The van der Waals surface area contributed by atoms with Crippen LogP contribution in [-0.4, -0.2) is 32.6 Å². The molecule has 0 saturated heterocycles. The molecule has 0 fully saturated rings. The van der Waals surface area contributed by atoms with Crippen LogP contribution in [0.2, 0.25) is 0 Å². The van der Waals surface area contributed by atoms with E-state index in [9.17, 15) is 4.79 Å². The number of esters is 1. The summed E-state index contributed by atoms with van der Waals surface area (Å²) in [5, 5.41) is 0. The van der Waals surface area contributed by atoms with Crippen LogP contribution in [0.3, 0.4) is 0 Å². The molecule has 0 aliphatic heterocycles. The molecule has 0 saturated carbocycles. The van der Waals surface area contributed by atoms with Crippen LogP contribution >= 0.6 is 0 Å². The highest BCUT2D eigenvalue weighted by Crippen LogP contribution is 2.19. The van der Waals surface area contributed by atoms with E-state index in [4.69, 9.17) is 5.73 Å². The molecule has 7 nitrogen and oxygen atoms in total. The maximum Gasteiger partial charge on any atom is 0.360 e. The molecule has 88 valence electrons. The summed E-state index contributed by atoms with van der Waals surface area (Å²) in [5.41, 5.74) is 6.59. The van der Waals surface area contributed by atoms with Crippen molar-refractivity contribution in [2.75, 3.05) is 12.8 Å². The predicted molar refractivity (Wildman–Crippen MR) is 59.6 cm³/mol. The average molecular weight is 233 g/mol. The normalized spacial score (nSPS) is 10.2. The number of rotatable bonds is 2. The molecule has 7 heteroatoms. The minimum atomic E-state index is -0.568. The topological polar surface area (TPSA) is 95.9 Å². The maximum absolute atomic E-state index is 11.4. The molecule has 2 N–H and O–H groups in total. The van der Waals surface area contributed by atoms with E-state index < -0.39 is 5.97 Å². The van der Waals surface area contributed by atoms with Crippen LogP contribution in [0.15, 0.2) is 18.7 Å². The number of nitrogens with zero attached hydrogens (tertiary/aromatic N) is 4. The van der Waals surface area contributed by atoms with Gasteiger partial charge in [-0.2, -0.15) is 0 Å². The smallest absolute Gasteiger partial charge is 0.360 e. The van der Waals surface area contributed by atoms with Gasteiger partial charge in [0.1, 0.15) is 18.0 Å². The van der Waals surface area contributed by atoms with E-state index in [0.717, 1.165) is 0 Å². The number of aryl methyl sites for hydroxylation is 1. The van der Waals surface area contributed by atoms with Crippen LogP contribution in [-0.2, 0) is 4.74 Å². The first-order valence-electron chi connectivity index (χ1n) is 4.83. The second-order valence-corrected chi connectivity index (χ2v) is 3.32. The number of imidazole rings is 1. The molecule has 0 aliphatic rings. The van der Waals surface area contributed by atoms with Gasteiger partial charge in [-0.3, -0.25) is 4.57 Å². The number of nitrogens with two attached hydrogens (primary N) is 1. The molecular formula is C10H11N5O2. The van der Waals surface area contributed by atoms with E-state index in [1.54, 1.807) is 23.9 Å². The fourth-order valence-corrected chi connectivity index (χ4v) is 1.53. The van der Waals surface area contributed by atoms with Gasteiger partial charge in [-0.15, -0.1) is 0 Å². The van der Waals surface area contributed by atoms with Crippen LogP contribution in [0.1, 0.15) is 16.3 Å². The molecule has 0 bridgehead atoms. The fourth-order valence-electron chi connectivity index (χ4n) is 1.53. The Labute approximate surface area is 97.3 Å². The SMILES string of the molecule is COC(=O)c1nc(C)n(-c2cncnc2)c1N. The molecule has 0 aromatic carbocycles. The van der Waals surface area contributed by atoms with E-state index in [1.807, 2.05) is 0 Å². The summed E-state index contributed by atoms with van der Waals surface area (Å²) >= 11 is 0. The van der Waals surface area contributed by atoms with Crippen molar-refractivity contribution >= 4 is 11.8 Å². The lowest BCUT2D eigenvalue weighted by Crippen LogP contribution is -2.08. The fraction of sp³-hybridized carbons (Fsp3) is 0.200. The molecule has 0 aliphatic carbocycles. The number of ether oxygens (including phenoxy) is 1. The number of carbonyl (C=O) groups excluding carboxylic acids is 1. The Kier molecular flexibility index (Phi) is 2.73. The van der Waals surface area contributed by atoms with Crippen molar-refractivity contribution in [3.8, 4) is 5.69 Å². The lowest BCUT2D eigenvalue weighted by atomic mass is 10.4. The number of methoxy groups -OCH3 is 1. The van der Waals surface area contributed by atoms with Crippen molar-refractivity contribution in [3.05, 3.63) is 30.2 Å². The lowest BCUT2D eigenvalue weighted by Gasteiger charge is -2.05. The molecule has 0 radical (unpaired) electrons. The zero-order valence-electron chi connectivity index (χ0n) is 9.41. The van der Waals surface area contributed by atoms with Gasteiger partial charge in [0.25, 0.3) is 0 Å². The monoisotopic (exact) mass is 233 g/mol. The van der Waals surface area contributed by atoms with Crippen LogP contribution in [0.4, 0.5) is 5.82 Å². The number of anilines is 1. The summed E-state index contributed by atoms with van der Waals surface area (Å²) in [6.45, 7) is 1.73. The van der Waals surface area contributed by atoms with Gasteiger partial charge in [0.2, 0.25) is 0 Å². The molecule has 2 aromatic rings. The van der Waals surface area contributed by atoms with Crippen LogP contribution in [0, 0.1) is 6.92 Å². The Balaban J connectivity index is 2.57. The lowest BCUT2D eigenvalue weighted by molar-refractivity contribution is 0.0596. The molecule has 17 heavy (non-hydrogen) atoms. The van der Waals surface area contributed by atoms with E-state index in [-0.39, 0.29) is 11.5 Å². The first-order valence-corrected chi connectivity index (χ1v) is 4.83. The van der Waals surface area contributed by atoms with Gasteiger partial charge >= 0.3 is 5.97 Å². The molecular weight excluding hydrogens is 222 g/mol. The summed E-state index contributed by atoms with van der Waals surface area (Å²) in [5.74, 6) is 0.211. The predicted octanol–water partition coefficient (Wildman–Crippen LogP) is 0.340. The van der Waals surface area contributed by atoms with Gasteiger partial charge in [0, 0.05) is 0 Å². The molecule has 2 heterocycles. The second-order valence-electron chi connectivity index (χ2n) is 3.32.